The molecular formula is C13H14ClN3O. The minimum absolute atomic E-state index is 0.391. The maximum Gasteiger partial charge on any atom is 0.225 e. The molecule has 0 aliphatic rings. The molecule has 2 rings (SSSR count). The normalized spacial score (nSPS) is 10.1. The van der Waals surface area contributed by atoms with E-state index in [1.54, 1.807) is 12.3 Å². The minimum Gasteiger partial charge on any atom is -0.473 e. The Morgan fingerprint density at radius 3 is 2.89 bits per heavy atom. The van der Waals surface area contributed by atoms with E-state index >= 15 is 0 Å². The topological polar surface area (TPSA) is 47.0 Å². The first-order chi connectivity index (χ1) is 8.79. The van der Waals surface area contributed by atoms with Crippen molar-refractivity contribution in [1.29, 1.82) is 0 Å². The molecule has 0 fully saturated rings. The molecule has 0 saturated carbocycles. The van der Waals surface area contributed by atoms with E-state index in [0.717, 1.165) is 12.1 Å². The Balaban J connectivity index is 2.02. The van der Waals surface area contributed by atoms with Crippen molar-refractivity contribution in [3.8, 4) is 5.88 Å². The largest absolute Gasteiger partial charge is 0.473 e. The molecule has 0 aliphatic carbocycles. The number of halogens is 1. The first-order valence-electron chi connectivity index (χ1n) is 5.72. The summed E-state index contributed by atoms with van der Waals surface area (Å²) in [6.07, 6.45) is 1.66. The van der Waals surface area contributed by atoms with Gasteiger partial charge in [0, 0.05) is 29.4 Å². The number of rotatable bonds is 5. The van der Waals surface area contributed by atoms with Crippen LogP contribution in [0.15, 0.2) is 36.5 Å². The lowest BCUT2D eigenvalue weighted by Gasteiger charge is -2.08. The Kier molecular flexibility index (Phi) is 4.36. The van der Waals surface area contributed by atoms with E-state index in [0.29, 0.717) is 23.5 Å². The van der Waals surface area contributed by atoms with Gasteiger partial charge < -0.3 is 10.1 Å². The van der Waals surface area contributed by atoms with E-state index in [4.69, 9.17) is 16.3 Å². The molecule has 1 aromatic carbocycles. The molecule has 4 nitrogen and oxygen atoms in total. The van der Waals surface area contributed by atoms with Crippen molar-refractivity contribution in [2.75, 3.05) is 11.9 Å². The van der Waals surface area contributed by atoms with E-state index in [1.807, 2.05) is 31.2 Å². The SMILES string of the molecule is CCNc1nccc(OCc2ccccc2Cl)n1. The fourth-order valence-corrected chi connectivity index (χ4v) is 1.62. The van der Waals surface area contributed by atoms with Crippen molar-refractivity contribution < 1.29 is 4.74 Å². The predicted octanol–water partition coefficient (Wildman–Crippen LogP) is 3.14. The zero-order valence-corrected chi connectivity index (χ0v) is 10.8. The monoisotopic (exact) mass is 263 g/mol. The summed E-state index contributed by atoms with van der Waals surface area (Å²) in [7, 11) is 0. The van der Waals surface area contributed by atoms with Crippen LogP contribution in [0, 0.1) is 0 Å². The Morgan fingerprint density at radius 1 is 1.28 bits per heavy atom. The van der Waals surface area contributed by atoms with Gasteiger partial charge in [-0.15, -0.1) is 0 Å². The van der Waals surface area contributed by atoms with Gasteiger partial charge in [-0.25, -0.2) is 4.98 Å². The van der Waals surface area contributed by atoms with Gasteiger partial charge in [0.15, 0.2) is 0 Å². The summed E-state index contributed by atoms with van der Waals surface area (Å²) in [6.45, 7) is 3.15. The van der Waals surface area contributed by atoms with Gasteiger partial charge in [-0.05, 0) is 13.0 Å². The number of anilines is 1. The second-order valence-electron chi connectivity index (χ2n) is 3.63. The molecular weight excluding hydrogens is 250 g/mol. The lowest BCUT2D eigenvalue weighted by molar-refractivity contribution is 0.294. The zero-order valence-electron chi connectivity index (χ0n) is 10.1. The average Bonchev–Trinajstić information content (AvgIpc) is 2.39. The number of aromatic nitrogens is 2. The van der Waals surface area contributed by atoms with E-state index in [9.17, 15) is 0 Å². The molecule has 2 aromatic rings. The van der Waals surface area contributed by atoms with Crippen molar-refractivity contribution in [2.45, 2.75) is 13.5 Å². The summed E-state index contributed by atoms with van der Waals surface area (Å²) in [5.41, 5.74) is 0.933. The summed E-state index contributed by atoms with van der Waals surface area (Å²) in [4.78, 5) is 8.29. The highest BCUT2D eigenvalue weighted by Crippen LogP contribution is 2.17. The fraction of sp³-hybridized carbons (Fsp3) is 0.231. The maximum absolute atomic E-state index is 6.05. The van der Waals surface area contributed by atoms with Crippen molar-refractivity contribution in [3.63, 3.8) is 0 Å². The summed E-state index contributed by atoms with van der Waals surface area (Å²) in [6, 6.07) is 9.30. The predicted molar refractivity (Wildman–Crippen MR) is 72.0 cm³/mol. The number of hydrogen-bond donors (Lipinski definition) is 1. The Labute approximate surface area is 111 Å². The highest BCUT2D eigenvalue weighted by Gasteiger charge is 2.02. The molecule has 1 heterocycles. The third-order valence-corrected chi connectivity index (χ3v) is 2.67. The van der Waals surface area contributed by atoms with Crippen LogP contribution in [0.2, 0.25) is 5.02 Å². The number of benzene rings is 1. The third-order valence-electron chi connectivity index (χ3n) is 2.30. The summed E-state index contributed by atoms with van der Waals surface area (Å²) >= 11 is 6.05. The van der Waals surface area contributed by atoms with Gasteiger partial charge in [0.25, 0.3) is 0 Å². The summed E-state index contributed by atoms with van der Waals surface area (Å²) in [5, 5.41) is 3.72. The molecule has 0 spiro atoms. The molecule has 0 bridgehead atoms. The van der Waals surface area contributed by atoms with Crippen LogP contribution in [-0.4, -0.2) is 16.5 Å². The lowest BCUT2D eigenvalue weighted by atomic mass is 10.2. The van der Waals surface area contributed by atoms with Gasteiger partial charge in [-0.3, -0.25) is 0 Å². The molecule has 0 radical (unpaired) electrons. The highest BCUT2D eigenvalue weighted by atomic mass is 35.5. The minimum atomic E-state index is 0.391. The summed E-state index contributed by atoms with van der Waals surface area (Å²) < 4.78 is 5.58. The number of nitrogens with zero attached hydrogens (tertiary/aromatic N) is 2. The first-order valence-corrected chi connectivity index (χ1v) is 6.10. The molecule has 0 aliphatic heterocycles. The van der Waals surface area contributed by atoms with Gasteiger partial charge >= 0.3 is 0 Å². The number of ether oxygens (including phenoxy) is 1. The van der Waals surface area contributed by atoms with Crippen LogP contribution >= 0.6 is 11.6 Å². The van der Waals surface area contributed by atoms with Gasteiger partial charge in [0.2, 0.25) is 11.8 Å². The number of nitrogens with one attached hydrogen (secondary N) is 1. The van der Waals surface area contributed by atoms with Gasteiger partial charge in [0.1, 0.15) is 6.61 Å². The van der Waals surface area contributed by atoms with E-state index in [1.165, 1.54) is 0 Å². The second kappa shape index (κ2) is 6.21. The summed E-state index contributed by atoms with van der Waals surface area (Å²) in [5.74, 6) is 1.09. The van der Waals surface area contributed by atoms with E-state index < -0.39 is 0 Å². The van der Waals surface area contributed by atoms with Crippen LogP contribution < -0.4 is 10.1 Å². The van der Waals surface area contributed by atoms with E-state index in [-0.39, 0.29) is 0 Å². The first kappa shape index (κ1) is 12.6. The number of hydrogen-bond acceptors (Lipinski definition) is 4. The Bertz CT molecular complexity index is 519. The average molecular weight is 264 g/mol. The molecule has 1 aromatic heterocycles. The molecule has 1 N–H and O–H groups in total. The fourth-order valence-electron chi connectivity index (χ4n) is 1.43. The smallest absolute Gasteiger partial charge is 0.225 e. The molecule has 18 heavy (non-hydrogen) atoms. The van der Waals surface area contributed by atoms with Crippen molar-refractivity contribution >= 4 is 17.5 Å². The lowest BCUT2D eigenvalue weighted by Crippen LogP contribution is -2.04. The molecule has 94 valence electrons. The van der Waals surface area contributed by atoms with Crippen LogP contribution in [0.1, 0.15) is 12.5 Å². The van der Waals surface area contributed by atoms with Crippen LogP contribution in [-0.2, 0) is 6.61 Å². The second-order valence-corrected chi connectivity index (χ2v) is 4.04. The zero-order chi connectivity index (χ0) is 12.8. The molecule has 5 heteroatoms. The van der Waals surface area contributed by atoms with Gasteiger partial charge in [0.05, 0.1) is 0 Å². The van der Waals surface area contributed by atoms with Crippen LogP contribution in [0.3, 0.4) is 0 Å². The van der Waals surface area contributed by atoms with Gasteiger partial charge in [-0.2, -0.15) is 4.98 Å². The molecule has 0 amide bonds. The van der Waals surface area contributed by atoms with Crippen molar-refractivity contribution in [3.05, 3.63) is 47.1 Å². The van der Waals surface area contributed by atoms with E-state index in [2.05, 4.69) is 15.3 Å². The molecule has 0 saturated heterocycles. The van der Waals surface area contributed by atoms with Crippen LogP contribution in [0.5, 0.6) is 5.88 Å². The third kappa shape index (κ3) is 3.34. The van der Waals surface area contributed by atoms with Gasteiger partial charge in [-0.1, -0.05) is 29.8 Å². The van der Waals surface area contributed by atoms with Crippen LogP contribution in [0.4, 0.5) is 5.95 Å². The van der Waals surface area contributed by atoms with Crippen LogP contribution in [0.25, 0.3) is 0 Å². The quantitative estimate of drug-likeness (QED) is 0.900. The molecule has 0 atom stereocenters. The van der Waals surface area contributed by atoms with Crippen molar-refractivity contribution in [2.24, 2.45) is 0 Å². The Hall–Kier alpha value is -1.81. The molecule has 0 unspecified atom stereocenters. The highest BCUT2D eigenvalue weighted by molar-refractivity contribution is 6.31. The maximum atomic E-state index is 6.05. The van der Waals surface area contributed by atoms with Crippen molar-refractivity contribution in [1.82, 2.24) is 9.97 Å². The standard InChI is InChI=1S/C13H14ClN3O/c1-2-15-13-16-8-7-12(17-13)18-9-10-5-3-4-6-11(10)14/h3-8H,2,9H2,1H3,(H,15,16,17). The Morgan fingerprint density at radius 2 is 2.11 bits per heavy atom.